The Hall–Kier alpha value is -5.14. The van der Waals surface area contributed by atoms with Crippen molar-refractivity contribution >= 4 is 60.8 Å². The van der Waals surface area contributed by atoms with Crippen LogP contribution < -0.4 is 21.1 Å². The van der Waals surface area contributed by atoms with Gasteiger partial charge in [0.15, 0.2) is 0 Å². The molecule has 2 N–H and O–H groups in total. The summed E-state index contributed by atoms with van der Waals surface area (Å²) in [5.41, 5.74) is 4.10. The Kier molecular flexibility index (Phi) is 8.67. The summed E-state index contributed by atoms with van der Waals surface area (Å²) in [5, 5.41) is 10.0. The third kappa shape index (κ3) is 5.74. The fourth-order valence-electron chi connectivity index (χ4n) is 7.12. The lowest BCUT2D eigenvalue weighted by atomic mass is 9.92. The molecule has 16 heteroatoms. The van der Waals surface area contributed by atoms with E-state index in [1.807, 2.05) is 19.9 Å². The van der Waals surface area contributed by atoms with Gasteiger partial charge in [0.2, 0.25) is 5.91 Å². The van der Waals surface area contributed by atoms with Gasteiger partial charge in [-0.2, -0.15) is 23.4 Å². The number of alkyl halides is 3. The molecule has 5 heterocycles. The maximum absolute atomic E-state index is 15.4. The van der Waals surface area contributed by atoms with Gasteiger partial charge in [-0.25, -0.2) is 9.18 Å². The first kappa shape index (κ1) is 34.3. The third-order valence-electron chi connectivity index (χ3n) is 9.17. The number of fused-ring (bicyclic) bond motifs is 1. The number of carbonyl (C=O) groups is 1. The average molecular weight is 736 g/mol. The van der Waals surface area contributed by atoms with E-state index in [0.717, 1.165) is 35.2 Å². The SMILES string of the molecule is C=CC(=O)N1[C@H](C)CN(c2nc(=O)n3c4c(c(-c5ccc(F)c6sc(N)c(C#N)c56)c(C(F)(F)F)cc24)SCC3COc2ccncc2)C[C@@H]1C. The number of benzene rings is 2. The maximum Gasteiger partial charge on any atom is 0.417 e. The highest BCUT2D eigenvalue weighted by Crippen LogP contribution is 2.52. The molecule has 0 radical (unpaired) electrons. The molecule has 5 aromatic rings. The number of nitrogen functional groups attached to an aromatic ring is 1. The number of hydrogen-bond acceptors (Lipinski definition) is 10. The highest BCUT2D eigenvalue weighted by Gasteiger charge is 2.41. The number of nitriles is 1. The van der Waals surface area contributed by atoms with E-state index in [9.17, 15) is 14.9 Å². The Morgan fingerprint density at radius 3 is 2.55 bits per heavy atom. The van der Waals surface area contributed by atoms with Gasteiger partial charge in [-0.3, -0.25) is 14.3 Å². The van der Waals surface area contributed by atoms with Crippen LogP contribution in [-0.2, 0) is 11.0 Å². The monoisotopic (exact) mass is 735 g/mol. The number of hydrogen-bond donors (Lipinski definition) is 1. The number of aromatic nitrogens is 3. The summed E-state index contributed by atoms with van der Waals surface area (Å²) in [6.07, 6.45) is -0.618. The van der Waals surface area contributed by atoms with Crippen molar-refractivity contribution < 1.29 is 27.1 Å². The van der Waals surface area contributed by atoms with Crippen molar-refractivity contribution in [1.29, 1.82) is 5.26 Å². The average Bonchev–Trinajstić information content (AvgIpc) is 3.45. The van der Waals surface area contributed by atoms with Crippen molar-refractivity contribution in [3.05, 3.63) is 82.8 Å². The Bertz CT molecular complexity index is 2330. The first-order valence-corrected chi connectivity index (χ1v) is 17.6. The minimum absolute atomic E-state index is 0.000310. The van der Waals surface area contributed by atoms with Crippen molar-refractivity contribution in [1.82, 2.24) is 19.4 Å². The summed E-state index contributed by atoms with van der Waals surface area (Å²) in [4.78, 5) is 38.7. The predicted octanol–water partition coefficient (Wildman–Crippen LogP) is 6.62. The van der Waals surface area contributed by atoms with E-state index in [0.29, 0.717) is 5.75 Å². The number of pyridine rings is 1. The topological polar surface area (TPSA) is 130 Å². The molecule has 0 spiro atoms. The van der Waals surface area contributed by atoms with E-state index < -0.39 is 29.3 Å². The Balaban J connectivity index is 1.52. The zero-order chi connectivity index (χ0) is 36.4. The maximum atomic E-state index is 15.4. The fraction of sp³-hybridized carbons (Fsp3) is 0.286. The van der Waals surface area contributed by atoms with Crippen molar-refractivity contribution in [2.45, 2.75) is 43.0 Å². The Labute approximate surface area is 296 Å². The lowest BCUT2D eigenvalue weighted by Gasteiger charge is -2.45. The van der Waals surface area contributed by atoms with Crippen LogP contribution in [0, 0.1) is 17.1 Å². The van der Waals surface area contributed by atoms with Gasteiger partial charge in [0, 0.05) is 64.6 Å². The van der Waals surface area contributed by atoms with Crippen molar-refractivity contribution in [2.75, 3.05) is 36.1 Å². The van der Waals surface area contributed by atoms with Gasteiger partial charge in [-0.05, 0) is 49.8 Å². The third-order valence-corrected chi connectivity index (χ3v) is 11.4. The second-order valence-electron chi connectivity index (χ2n) is 12.4. The zero-order valence-electron chi connectivity index (χ0n) is 27.2. The van der Waals surface area contributed by atoms with E-state index >= 15 is 17.6 Å². The number of piperazine rings is 1. The van der Waals surface area contributed by atoms with Crippen LogP contribution in [0.25, 0.3) is 32.1 Å². The lowest BCUT2D eigenvalue weighted by Crippen LogP contribution is -2.58. The van der Waals surface area contributed by atoms with E-state index in [-0.39, 0.29) is 96.8 Å². The number of halogens is 4. The van der Waals surface area contributed by atoms with E-state index in [1.54, 1.807) is 34.3 Å². The quantitative estimate of drug-likeness (QED) is 0.151. The number of thiophene rings is 1. The number of amides is 1. The number of rotatable bonds is 6. The van der Waals surface area contributed by atoms with Crippen LogP contribution >= 0.6 is 23.1 Å². The summed E-state index contributed by atoms with van der Waals surface area (Å²) in [7, 11) is 0. The second kappa shape index (κ2) is 12.9. The standard InChI is InChI=1S/C35H29F4N7O3S2/c1-4-26(47)45-17(2)13-44(14-18(45)3)33-22-11-24(35(37,38)39)28(21-5-6-25(36)30-27(21)23(12-40)32(41)51-30)31-29(22)46(34(48)43-33)19(16-50-31)15-49-20-7-9-42-10-8-20/h4-11,17-19H,1,13-16,41H2,2-3H3/t17-,18+,19?. The number of thioether (sulfide) groups is 1. The molecule has 51 heavy (non-hydrogen) atoms. The molecule has 7 rings (SSSR count). The largest absolute Gasteiger partial charge is 0.491 e. The molecule has 3 atom stereocenters. The van der Waals surface area contributed by atoms with Gasteiger partial charge in [0.05, 0.1) is 27.4 Å². The fourth-order valence-corrected chi connectivity index (χ4v) is 9.38. The molecular formula is C35H29F4N7O3S2. The molecule has 1 saturated heterocycles. The zero-order valence-corrected chi connectivity index (χ0v) is 28.8. The van der Waals surface area contributed by atoms with Crippen LogP contribution in [0.1, 0.15) is 31.0 Å². The molecule has 1 unspecified atom stereocenters. The van der Waals surface area contributed by atoms with Gasteiger partial charge in [-0.15, -0.1) is 23.1 Å². The molecule has 2 aliphatic rings. The molecule has 1 amide bonds. The highest BCUT2D eigenvalue weighted by atomic mass is 32.2. The number of carbonyl (C=O) groups excluding carboxylic acids is 1. The minimum Gasteiger partial charge on any atom is -0.491 e. The van der Waals surface area contributed by atoms with Crippen molar-refractivity contribution in [2.24, 2.45) is 0 Å². The van der Waals surface area contributed by atoms with Gasteiger partial charge in [-0.1, -0.05) is 12.6 Å². The predicted molar refractivity (Wildman–Crippen MR) is 189 cm³/mol. The number of ether oxygens (including phenoxy) is 1. The summed E-state index contributed by atoms with van der Waals surface area (Å²) in [6, 6.07) is 7.09. The molecule has 1 fully saturated rings. The minimum atomic E-state index is -4.93. The Morgan fingerprint density at radius 2 is 1.90 bits per heavy atom. The van der Waals surface area contributed by atoms with Crippen LogP contribution in [0.3, 0.4) is 0 Å². The van der Waals surface area contributed by atoms with Crippen LogP contribution in [0.15, 0.2) is 65.1 Å². The second-order valence-corrected chi connectivity index (χ2v) is 14.5. The highest BCUT2D eigenvalue weighted by molar-refractivity contribution is 7.99. The van der Waals surface area contributed by atoms with Gasteiger partial charge < -0.3 is 20.3 Å². The normalized spacial score (nSPS) is 19.0. The van der Waals surface area contributed by atoms with Gasteiger partial charge >= 0.3 is 11.9 Å². The van der Waals surface area contributed by atoms with Gasteiger partial charge in [0.25, 0.3) is 0 Å². The molecule has 2 aromatic carbocycles. The summed E-state index contributed by atoms with van der Waals surface area (Å²) < 4.78 is 68.5. The lowest BCUT2D eigenvalue weighted by molar-refractivity contribution is -0.137. The van der Waals surface area contributed by atoms with Crippen LogP contribution in [-0.4, -0.2) is 62.9 Å². The van der Waals surface area contributed by atoms with Crippen LogP contribution in [0.5, 0.6) is 5.75 Å². The van der Waals surface area contributed by atoms with Gasteiger partial charge in [0.1, 0.15) is 35.1 Å². The van der Waals surface area contributed by atoms with E-state index in [2.05, 4.69) is 16.5 Å². The summed E-state index contributed by atoms with van der Waals surface area (Å²) in [5.74, 6) is -0.331. The molecule has 0 aliphatic carbocycles. The van der Waals surface area contributed by atoms with E-state index in [1.165, 1.54) is 16.7 Å². The number of nitrogens with zero attached hydrogens (tertiary/aromatic N) is 6. The summed E-state index contributed by atoms with van der Waals surface area (Å²) >= 11 is 1.90. The molecule has 10 nitrogen and oxygen atoms in total. The van der Waals surface area contributed by atoms with Crippen LogP contribution in [0.2, 0.25) is 0 Å². The number of nitrogens with two attached hydrogens (primary N) is 1. The van der Waals surface area contributed by atoms with Crippen molar-refractivity contribution in [3.8, 4) is 22.9 Å². The first-order chi connectivity index (χ1) is 24.3. The molecule has 262 valence electrons. The molecule has 3 aromatic heterocycles. The summed E-state index contributed by atoms with van der Waals surface area (Å²) in [6.45, 7) is 7.58. The van der Waals surface area contributed by atoms with Crippen molar-refractivity contribution in [3.63, 3.8) is 0 Å². The Morgan fingerprint density at radius 1 is 1.20 bits per heavy atom. The van der Waals surface area contributed by atoms with E-state index in [4.69, 9.17) is 10.5 Å². The molecule has 2 aliphatic heterocycles. The molecular weight excluding hydrogens is 707 g/mol. The first-order valence-electron chi connectivity index (χ1n) is 15.8. The molecule has 0 saturated carbocycles. The number of anilines is 2. The molecule has 0 bridgehead atoms. The smallest absolute Gasteiger partial charge is 0.417 e. The van der Waals surface area contributed by atoms with Crippen LogP contribution in [0.4, 0.5) is 28.4 Å².